The first kappa shape index (κ1) is 10.5. The van der Waals surface area contributed by atoms with E-state index < -0.39 is 0 Å². The van der Waals surface area contributed by atoms with Gasteiger partial charge in [-0.25, -0.2) is 4.79 Å². The van der Waals surface area contributed by atoms with Gasteiger partial charge in [0.1, 0.15) is 6.04 Å². The molecule has 1 N–H and O–H groups in total. The number of hydrogen-bond donors (Lipinski definition) is 1. The van der Waals surface area contributed by atoms with E-state index in [2.05, 4.69) is 27.3 Å². The van der Waals surface area contributed by atoms with Crippen LogP contribution in [0, 0.1) is 0 Å². The highest BCUT2D eigenvalue weighted by Gasteiger charge is 2.25. The lowest BCUT2D eigenvalue weighted by molar-refractivity contribution is -0.141. The number of rotatable bonds is 1. The lowest BCUT2D eigenvalue weighted by Gasteiger charge is -2.25. The van der Waals surface area contributed by atoms with Crippen molar-refractivity contribution in [3.63, 3.8) is 0 Å². The summed E-state index contributed by atoms with van der Waals surface area (Å²) < 4.78 is 5.72. The van der Waals surface area contributed by atoms with E-state index in [0.717, 1.165) is 23.0 Å². The van der Waals surface area contributed by atoms with Crippen molar-refractivity contribution in [2.24, 2.45) is 0 Å². The van der Waals surface area contributed by atoms with E-state index in [4.69, 9.17) is 4.74 Å². The van der Waals surface area contributed by atoms with Crippen LogP contribution in [0.2, 0.25) is 0 Å². The lowest BCUT2D eigenvalue weighted by atomic mass is 9.98. The van der Waals surface area contributed by atoms with Crippen molar-refractivity contribution >= 4 is 27.6 Å². The molecule has 0 spiro atoms. The molecule has 1 heterocycles. The summed E-state index contributed by atoms with van der Waals surface area (Å²) in [6, 6.07) is 5.82. The second-order valence-electron chi connectivity index (χ2n) is 3.53. The SMILES string of the molecule is COC(=O)C1CCc2cccc(Br)c2N1. The van der Waals surface area contributed by atoms with Gasteiger partial charge in [-0.05, 0) is 40.4 Å². The molecule has 3 nitrogen and oxygen atoms in total. The second kappa shape index (κ2) is 4.23. The number of ether oxygens (including phenoxy) is 1. The third-order valence-corrected chi connectivity index (χ3v) is 3.27. The number of carbonyl (C=O) groups is 1. The molecule has 0 radical (unpaired) electrons. The van der Waals surface area contributed by atoms with E-state index in [9.17, 15) is 4.79 Å². The summed E-state index contributed by atoms with van der Waals surface area (Å²) in [7, 11) is 1.42. The Morgan fingerprint density at radius 3 is 3.13 bits per heavy atom. The monoisotopic (exact) mass is 269 g/mol. The van der Waals surface area contributed by atoms with Crippen LogP contribution in [0.3, 0.4) is 0 Å². The van der Waals surface area contributed by atoms with E-state index in [1.807, 2.05) is 12.1 Å². The number of aryl methyl sites for hydroxylation is 1. The predicted octanol–water partition coefficient (Wildman–Crippen LogP) is 2.35. The van der Waals surface area contributed by atoms with Crippen LogP contribution in [0.4, 0.5) is 5.69 Å². The largest absolute Gasteiger partial charge is 0.467 e. The average molecular weight is 270 g/mol. The molecule has 2 rings (SSSR count). The van der Waals surface area contributed by atoms with E-state index in [1.165, 1.54) is 12.7 Å². The number of esters is 1. The van der Waals surface area contributed by atoms with Gasteiger partial charge in [-0.3, -0.25) is 0 Å². The van der Waals surface area contributed by atoms with Crippen LogP contribution in [0.5, 0.6) is 0 Å². The molecule has 1 aliphatic heterocycles. The number of anilines is 1. The molecule has 1 atom stereocenters. The van der Waals surface area contributed by atoms with E-state index in [-0.39, 0.29) is 12.0 Å². The molecule has 1 unspecified atom stereocenters. The minimum absolute atomic E-state index is 0.198. The Morgan fingerprint density at radius 2 is 2.40 bits per heavy atom. The third-order valence-electron chi connectivity index (χ3n) is 2.61. The van der Waals surface area contributed by atoms with Gasteiger partial charge in [0.25, 0.3) is 0 Å². The van der Waals surface area contributed by atoms with Gasteiger partial charge in [-0.2, -0.15) is 0 Å². The minimum atomic E-state index is -0.221. The molecule has 0 aromatic heterocycles. The van der Waals surface area contributed by atoms with Crippen LogP contribution in [-0.4, -0.2) is 19.1 Å². The summed E-state index contributed by atoms with van der Waals surface area (Å²) in [5, 5.41) is 3.19. The Labute approximate surface area is 96.9 Å². The summed E-state index contributed by atoms with van der Waals surface area (Å²) in [6.07, 6.45) is 1.69. The number of halogens is 1. The van der Waals surface area contributed by atoms with Gasteiger partial charge in [0.15, 0.2) is 0 Å². The Hall–Kier alpha value is -1.03. The molecule has 0 fully saturated rings. The van der Waals surface area contributed by atoms with Gasteiger partial charge in [0, 0.05) is 4.47 Å². The zero-order chi connectivity index (χ0) is 10.8. The number of para-hydroxylation sites is 1. The molecular weight excluding hydrogens is 258 g/mol. The maximum atomic E-state index is 11.4. The van der Waals surface area contributed by atoms with Crippen LogP contribution < -0.4 is 5.32 Å². The molecule has 1 aromatic carbocycles. The van der Waals surface area contributed by atoms with Crippen molar-refractivity contribution in [2.75, 3.05) is 12.4 Å². The van der Waals surface area contributed by atoms with E-state index >= 15 is 0 Å². The first-order valence-electron chi connectivity index (χ1n) is 4.84. The van der Waals surface area contributed by atoms with Gasteiger partial charge in [0.2, 0.25) is 0 Å². The molecular formula is C11H12BrNO2. The quantitative estimate of drug-likeness (QED) is 0.796. The summed E-state index contributed by atoms with van der Waals surface area (Å²) in [6.45, 7) is 0. The molecule has 0 saturated carbocycles. The van der Waals surface area contributed by atoms with E-state index in [0.29, 0.717) is 0 Å². The fourth-order valence-electron chi connectivity index (χ4n) is 1.80. The maximum Gasteiger partial charge on any atom is 0.328 e. The Bertz CT molecular complexity index is 392. The van der Waals surface area contributed by atoms with Crippen LogP contribution in [0.25, 0.3) is 0 Å². The summed E-state index contributed by atoms with van der Waals surface area (Å²) in [5.41, 5.74) is 2.25. The zero-order valence-electron chi connectivity index (χ0n) is 8.42. The van der Waals surface area contributed by atoms with Gasteiger partial charge >= 0.3 is 5.97 Å². The molecule has 80 valence electrons. The van der Waals surface area contributed by atoms with Gasteiger partial charge in [0.05, 0.1) is 12.8 Å². The maximum absolute atomic E-state index is 11.4. The molecule has 0 bridgehead atoms. The minimum Gasteiger partial charge on any atom is -0.467 e. The van der Waals surface area contributed by atoms with Crippen molar-refractivity contribution in [2.45, 2.75) is 18.9 Å². The number of nitrogens with one attached hydrogen (secondary N) is 1. The number of benzene rings is 1. The van der Waals surface area contributed by atoms with Crippen molar-refractivity contribution in [1.29, 1.82) is 0 Å². The number of methoxy groups -OCH3 is 1. The van der Waals surface area contributed by atoms with Crippen molar-refractivity contribution in [3.8, 4) is 0 Å². The number of fused-ring (bicyclic) bond motifs is 1. The Kier molecular flexibility index (Phi) is 2.95. The van der Waals surface area contributed by atoms with Crippen LogP contribution in [0.15, 0.2) is 22.7 Å². The normalized spacial score (nSPS) is 18.9. The van der Waals surface area contributed by atoms with Crippen LogP contribution >= 0.6 is 15.9 Å². The standard InChI is InChI=1S/C11H12BrNO2/c1-15-11(14)9-6-5-7-3-2-4-8(12)10(7)13-9/h2-4,9,13H,5-6H2,1H3. The third kappa shape index (κ3) is 2.00. The molecule has 0 aliphatic carbocycles. The van der Waals surface area contributed by atoms with Crippen LogP contribution in [-0.2, 0) is 16.0 Å². The van der Waals surface area contributed by atoms with Gasteiger partial charge < -0.3 is 10.1 Å². The van der Waals surface area contributed by atoms with Gasteiger partial charge in [-0.15, -0.1) is 0 Å². The lowest BCUT2D eigenvalue weighted by Crippen LogP contribution is -2.34. The molecule has 1 aliphatic rings. The van der Waals surface area contributed by atoms with E-state index in [1.54, 1.807) is 0 Å². The zero-order valence-corrected chi connectivity index (χ0v) is 10.0. The predicted molar refractivity (Wildman–Crippen MR) is 61.9 cm³/mol. The molecule has 1 aromatic rings. The summed E-state index contributed by atoms with van der Waals surface area (Å²) >= 11 is 3.47. The fourth-order valence-corrected chi connectivity index (χ4v) is 2.33. The summed E-state index contributed by atoms with van der Waals surface area (Å²) in [5.74, 6) is -0.198. The first-order valence-corrected chi connectivity index (χ1v) is 5.63. The van der Waals surface area contributed by atoms with Crippen LogP contribution in [0.1, 0.15) is 12.0 Å². The van der Waals surface area contributed by atoms with Gasteiger partial charge in [-0.1, -0.05) is 12.1 Å². The smallest absolute Gasteiger partial charge is 0.328 e. The molecule has 0 saturated heterocycles. The average Bonchev–Trinajstić information content (AvgIpc) is 2.28. The highest BCUT2D eigenvalue weighted by molar-refractivity contribution is 9.10. The Balaban J connectivity index is 2.26. The summed E-state index contributed by atoms with van der Waals surface area (Å²) in [4.78, 5) is 11.4. The number of carbonyl (C=O) groups excluding carboxylic acids is 1. The number of hydrogen-bond acceptors (Lipinski definition) is 3. The first-order chi connectivity index (χ1) is 7.22. The second-order valence-corrected chi connectivity index (χ2v) is 4.39. The van der Waals surface area contributed by atoms with Crippen molar-refractivity contribution < 1.29 is 9.53 Å². The molecule has 15 heavy (non-hydrogen) atoms. The highest BCUT2D eigenvalue weighted by atomic mass is 79.9. The van der Waals surface area contributed by atoms with Crippen molar-refractivity contribution in [3.05, 3.63) is 28.2 Å². The highest BCUT2D eigenvalue weighted by Crippen LogP contribution is 2.32. The fraction of sp³-hybridized carbons (Fsp3) is 0.364. The topological polar surface area (TPSA) is 38.3 Å². The Morgan fingerprint density at radius 1 is 1.60 bits per heavy atom. The van der Waals surface area contributed by atoms with Crippen molar-refractivity contribution in [1.82, 2.24) is 0 Å². The molecule has 0 amide bonds. The molecule has 4 heteroatoms.